The molecule has 0 aromatic carbocycles. The molecule has 86 valence electrons. The Bertz CT molecular complexity index is 253. The van der Waals surface area contributed by atoms with E-state index in [1.807, 2.05) is 0 Å². The van der Waals surface area contributed by atoms with Gasteiger partial charge in [0.15, 0.2) is 0 Å². The van der Waals surface area contributed by atoms with Crippen LogP contribution >= 0.6 is 0 Å². The molecule has 15 heavy (non-hydrogen) atoms. The summed E-state index contributed by atoms with van der Waals surface area (Å²) < 4.78 is 5.33. The maximum atomic E-state index is 11.2. The number of rotatable bonds is 2. The average Bonchev–Trinajstić information content (AvgIpc) is 1.97. The molecule has 1 saturated heterocycles. The zero-order chi connectivity index (χ0) is 11.7. The number of ether oxygens (including phenoxy) is 1. The van der Waals surface area contributed by atoms with Crippen molar-refractivity contribution in [3.63, 3.8) is 0 Å². The lowest BCUT2D eigenvalue weighted by atomic mass is 9.81. The zero-order valence-corrected chi connectivity index (χ0v) is 10.2. The summed E-state index contributed by atoms with van der Waals surface area (Å²) in [6.45, 7) is 12.1. The summed E-state index contributed by atoms with van der Waals surface area (Å²) in [7, 11) is 0. The summed E-state index contributed by atoms with van der Waals surface area (Å²) in [5.74, 6) is -0.312. The highest BCUT2D eigenvalue weighted by molar-refractivity contribution is 5.81. The predicted octanol–water partition coefficient (Wildman–Crippen LogP) is 0.999. The summed E-state index contributed by atoms with van der Waals surface area (Å²) in [6.07, 6.45) is 3.05. The van der Waals surface area contributed by atoms with Crippen molar-refractivity contribution >= 4 is 5.97 Å². The Hall–Kier alpha value is -0.830. The van der Waals surface area contributed by atoms with Crippen LogP contribution in [0, 0.1) is 0 Å². The SMILES string of the molecule is C=CC(=O)OC1CC(C)(C)[NH2+]C(C)(C)C1. The van der Waals surface area contributed by atoms with Gasteiger partial charge in [0.1, 0.15) is 6.10 Å². The van der Waals surface area contributed by atoms with E-state index in [9.17, 15) is 4.79 Å². The maximum absolute atomic E-state index is 11.2. The Morgan fingerprint density at radius 1 is 1.33 bits per heavy atom. The van der Waals surface area contributed by atoms with Gasteiger partial charge in [0.05, 0.1) is 11.1 Å². The highest BCUT2D eigenvalue weighted by atomic mass is 16.5. The van der Waals surface area contributed by atoms with Crippen LogP contribution in [0.3, 0.4) is 0 Å². The van der Waals surface area contributed by atoms with E-state index in [1.165, 1.54) is 6.08 Å². The van der Waals surface area contributed by atoms with E-state index in [-0.39, 0.29) is 23.2 Å². The van der Waals surface area contributed by atoms with Crippen LogP contribution in [0.5, 0.6) is 0 Å². The van der Waals surface area contributed by atoms with Gasteiger partial charge in [-0.2, -0.15) is 0 Å². The number of quaternary nitrogens is 1. The van der Waals surface area contributed by atoms with Crippen LogP contribution in [-0.4, -0.2) is 23.2 Å². The third-order valence-electron chi connectivity index (χ3n) is 2.74. The van der Waals surface area contributed by atoms with Crippen molar-refractivity contribution in [2.24, 2.45) is 0 Å². The fourth-order valence-corrected chi connectivity index (χ4v) is 2.72. The highest BCUT2D eigenvalue weighted by Crippen LogP contribution is 2.24. The van der Waals surface area contributed by atoms with E-state index in [1.54, 1.807) is 0 Å². The van der Waals surface area contributed by atoms with Crippen molar-refractivity contribution in [2.75, 3.05) is 0 Å². The fourth-order valence-electron chi connectivity index (χ4n) is 2.72. The molecule has 2 N–H and O–H groups in total. The molecule has 0 aromatic rings. The molecule has 1 fully saturated rings. The number of esters is 1. The number of nitrogens with two attached hydrogens (primary N) is 1. The monoisotopic (exact) mass is 212 g/mol. The van der Waals surface area contributed by atoms with Crippen molar-refractivity contribution < 1.29 is 14.8 Å². The van der Waals surface area contributed by atoms with Crippen LogP contribution in [-0.2, 0) is 9.53 Å². The van der Waals surface area contributed by atoms with Crippen LogP contribution in [0.1, 0.15) is 40.5 Å². The molecular weight excluding hydrogens is 190 g/mol. The quantitative estimate of drug-likeness (QED) is 0.548. The standard InChI is InChI=1S/C12H21NO2/c1-6-10(14)15-9-7-11(2,3)13-12(4,5)8-9/h6,9,13H,1,7-8H2,2-5H3/p+1. The molecule has 3 heteroatoms. The second kappa shape index (κ2) is 3.97. The summed E-state index contributed by atoms with van der Waals surface area (Å²) in [4.78, 5) is 11.2. The molecule has 0 amide bonds. The van der Waals surface area contributed by atoms with E-state index < -0.39 is 0 Å². The predicted molar refractivity (Wildman–Crippen MR) is 59.4 cm³/mol. The molecule has 0 atom stereocenters. The van der Waals surface area contributed by atoms with Gasteiger partial charge in [0, 0.05) is 18.9 Å². The second-order valence-corrected chi connectivity index (χ2v) is 5.79. The van der Waals surface area contributed by atoms with Crippen molar-refractivity contribution in [3.05, 3.63) is 12.7 Å². The van der Waals surface area contributed by atoms with Gasteiger partial charge in [-0.15, -0.1) is 0 Å². The molecule has 1 aliphatic rings. The zero-order valence-electron chi connectivity index (χ0n) is 10.2. The minimum absolute atomic E-state index is 0.0190. The minimum atomic E-state index is -0.312. The van der Waals surface area contributed by atoms with Crippen LogP contribution in [0.2, 0.25) is 0 Å². The third-order valence-corrected chi connectivity index (χ3v) is 2.74. The van der Waals surface area contributed by atoms with Gasteiger partial charge >= 0.3 is 5.97 Å². The van der Waals surface area contributed by atoms with Crippen LogP contribution in [0.15, 0.2) is 12.7 Å². The molecular formula is C12H22NO2+. The minimum Gasteiger partial charge on any atom is -0.459 e. The first kappa shape index (κ1) is 12.2. The summed E-state index contributed by atoms with van der Waals surface area (Å²) >= 11 is 0. The lowest BCUT2D eigenvalue weighted by Gasteiger charge is -2.42. The maximum Gasteiger partial charge on any atom is 0.330 e. The molecule has 3 nitrogen and oxygen atoms in total. The van der Waals surface area contributed by atoms with Gasteiger partial charge in [0.2, 0.25) is 0 Å². The molecule has 0 aromatic heterocycles. The van der Waals surface area contributed by atoms with Crippen molar-refractivity contribution in [1.82, 2.24) is 0 Å². The normalized spacial score (nSPS) is 24.5. The van der Waals surface area contributed by atoms with Gasteiger partial charge in [-0.25, -0.2) is 4.79 Å². The number of carbonyl (C=O) groups is 1. The first-order valence-electron chi connectivity index (χ1n) is 5.44. The molecule has 1 rings (SSSR count). The average molecular weight is 212 g/mol. The molecule has 1 aliphatic heterocycles. The Kier molecular flexibility index (Phi) is 3.24. The van der Waals surface area contributed by atoms with E-state index in [2.05, 4.69) is 39.6 Å². The van der Waals surface area contributed by atoms with Gasteiger partial charge in [-0.3, -0.25) is 0 Å². The first-order valence-corrected chi connectivity index (χ1v) is 5.44. The van der Waals surface area contributed by atoms with Crippen LogP contribution < -0.4 is 5.32 Å². The van der Waals surface area contributed by atoms with Gasteiger partial charge in [0.25, 0.3) is 0 Å². The lowest BCUT2D eigenvalue weighted by Crippen LogP contribution is -3.06. The molecule has 0 spiro atoms. The first-order chi connectivity index (χ1) is 6.74. The Morgan fingerprint density at radius 2 is 1.80 bits per heavy atom. The topological polar surface area (TPSA) is 42.9 Å². The molecule has 0 bridgehead atoms. The number of hydrogen-bond donors (Lipinski definition) is 1. The largest absolute Gasteiger partial charge is 0.459 e. The number of carbonyl (C=O) groups excluding carboxylic acids is 1. The third kappa shape index (κ3) is 3.67. The fraction of sp³-hybridized carbons (Fsp3) is 0.750. The molecule has 1 heterocycles. The Labute approximate surface area is 91.9 Å². The molecule has 0 aliphatic carbocycles. The van der Waals surface area contributed by atoms with Gasteiger partial charge in [-0.1, -0.05) is 6.58 Å². The highest BCUT2D eigenvalue weighted by Gasteiger charge is 2.42. The van der Waals surface area contributed by atoms with E-state index in [0.717, 1.165) is 12.8 Å². The summed E-state index contributed by atoms with van der Waals surface area (Å²) in [6, 6.07) is 0. The molecule has 0 radical (unpaired) electrons. The Balaban J connectivity index is 2.67. The Morgan fingerprint density at radius 3 is 2.20 bits per heavy atom. The van der Waals surface area contributed by atoms with Crippen molar-refractivity contribution in [2.45, 2.75) is 57.7 Å². The van der Waals surface area contributed by atoms with Crippen LogP contribution in [0.4, 0.5) is 0 Å². The molecule has 0 saturated carbocycles. The van der Waals surface area contributed by atoms with Crippen LogP contribution in [0.25, 0.3) is 0 Å². The van der Waals surface area contributed by atoms with E-state index in [4.69, 9.17) is 4.74 Å². The van der Waals surface area contributed by atoms with Crippen molar-refractivity contribution in [3.8, 4) is 0 Å². The smallest absolute Gasteiger partial charge is 0.330 e. The summed E-state index contributed by atoms with van der Waals surface area (Å²) in [5.41, 5.74) is 0.266. The summed E-state index contributed by atoms with van der Waals surface area (Å²) in [5, 5.41) is 2.36. The second-order valence-electron chi connectivity index (χ2n) is 5.79. The number of hydrogen-bond acceptors (Lipinski definition) is 2. The molecule has 0 unspecified atom stereocenters. The van der Waals surface area contributed by atoms with Crippen molar-refractivity contribution in [1.29, 1.82) is 0 Å². The van der Waals surface area contributed by atoms with E-state index >= 15 is 0 Å². The van der Waals surface area contributed by atoms with Gasteiger partial charge < -0.3 is 10.1 Å². The lowest BCUT2D eigenvalue weighted by molar-refractivity contribution is -0.789. The van der Waals surface area contributed by atoms with E-state index in [0.29, 0.717) is 0 Å². The number of piperidine rings is 1. The van der Waals surface area contributed by atoms with Gasteiger partial charge in [-0.05, 0) is 27.7 Å².